The number of nitro groups is 1. The van der Waals surface area contributed by atoms with E-state index in [1.54, 1.807) is 24.3 Å². The Morgan fingerprint density at radius 1 is 1.25 bits per heavy atom. The van der Waals surface area contributed by atoms with Crippen molar-refractivity contribution in [3.8, 4) is 0 Å². The number of nitrogens with one attached hydrogen (secondary N) is 1. The Kier molecular flexibility index (Phi) is 5.48. The zero-order valence-corrected chi connectivity index (χ0v) is 14.0. The van der Waals surface area contributed by atoms with E-state index in [1.165, 1.54) is 30.3 Å². The molecule has 0 bridgehead atoms. The fourth-order valence-corrected chi connectivity index (χ4v) is 3.48. The molecule has 126 valence electrons. The number of benzene rings is 2. The lowest BCUT2D eigenvalue weighted by Crippen LogP contribution is -2.28. The number of sulfonamides is 1. The molecule has 2 aromatic rings. The van der Waals surface area contributed by atoms with Crippen LogP contribution in [0, 0.1) is 17.0 Å². The lowest BCUT2D eigenvalue weighted by atomic mass is 10.0. The molecule has 0 aromatic heterocycles. The molecule has 0 saturated heterocycles. The van der Waals surface area contributed by atoms with Crippen LogP contribution < -0.4 is 4.72 Å². The van der Waals surface area contributed by atoms with E-state index in [0.717, 1.165) is 5.56 Å². The zero-order valence-electron chi connectivity index (χ0n) is 13.2. The molecule has 0 aliphatic rings. The first-order valence-corrected chi connectivity index (χ1v) is 8.76. The molecule has 1 atom stereocenters. The number of nitrogens with zero attached hydrogens (tertiary/aromatic N) is 1. The highest BCUT2D eigenvalue weighted by Crippen LogP contribution is 2.24. The average Bonchev–Trinajstić information content (AvgIpc) is 2.55. The van der Waals surface area contributed by atoms with Crippen molar-refractivity contribution in [2.45, 2.75) is 24.3 Å². The highest BCUT2D eigenvalue weighted by Gasteiger charge is 2.21. The molecule has 0 heterocycles. The van der Waals surface area contributed by atoms with Crippen LogP contribution in [0.15, 0.2) is 66.1 Å². The predicted molar refractivity (Wildman–Crippen MR) is 92.2 cm³/mol. The Bertz CT molecular complexity index is 845. The molecule has 0 radical (unpaired) electrons. The van der Waals surface area contributed by atoms with Gasteiger partial charge in [-0.3, -0.25) is 10.1 Å². The van der Waals surface area contributed by atoms with Crippen LogP contribution in [0.4, 0.5) is 5.69 Å². The normalized spacial score (nSPS) is 12.5. The van der Waals surface area contributed by atoms with Crippen molar-refractivity contribution in [1.29, 1.82) is 0 Å². The van der Waals surface area contributed by atoms with Crippen molar-refractivity contribution in [1.82, 2.24) is 4.72 Å². The minimum Gasteiger partial charge on any atom is -0.258 e. The Morgan fingerprint density at radius 2 is 1.92 bits per heavy atom. The third kappa shape index (κ3) is 4.27. The summed E-state index contributed by atoms with van der Waals surface area (Å²) in [4.78, 5) is 10.6. The maximum atomic E-state index is 12.5. The average molecular weight is 346 g/mol. The molecular weight excluding hydrogens is 328 g/mol. The summed E-state index contributed by atoms with van der Waals surface area (Å²) in [5, 5.41) is 10.9. The first-order chi connectivity index (χ1) is 11.3. The van der Waals surface area contributed by atoms with Gasteiger partial charge in [-0.2, -0.15) is 0 Å². The van der Waals surface area contributed by atoms with Gasteiger partial charge in [-0.1, -0.05) is 35.9 Å². The quantitative estimate of drug-likeness (QED) is 0.472. The molecule has 0 saturated carbocycles. The number of aryl methyl sites for hydroxylation is 1. The Labute approximate surface area is 141 Å². The van der Waals surface area contributed by atoms with Crippen molar-refractivity contribution in [2.24, 2.45) is 0 Å². The molecule has 6 nitrogen and oxygen atoms in total. The number of hydrogen-bond donors (Lipinski definition) is 1. The van der Waals surface area contributed by atoms with Gasteiger partial charge in [0.25, 0.3) is 5.69 Å². The highest BCUT2D eigenvalue weighted by molar-refractivity contribution is 7.89. The van der Waals surface area contributed by atoms with E-state index in [4.69, 9.17) is 0 Å². The minimum absolute atomic E-state index is 0.0869. The van der Waals surface area contributed by atoms with E-state index < -0.39 is 21.0 Å². The summed E-state index contributed by atoms with van der Waals surface area (Å²) in [6.07, 6.45) is 1.88. The van der Waals surface area contributed by atoms with E-state index >= 15 is 0 Å². The van der Waals surface area contributed by atoms with Gasteiger partial charge in [0.15, 0.2) is 0 Å². The van der Waals surface area contributed by atoms with Crippen LogP contribution in [0.1, 0.15) is 23.6 Å². The lowest BCUT2D eigenvalue weighted by Gasteiger charge is -2.18. The van der Waals surface area contributed by atoms with Gasteiger partial charge in [0.1, 0.15) is 0 Å². The third-order valence-corrected chi connectivity index (χ3v) is 5.00. The van der Waals surface area contributed by atoms with Crippen LogP contribution in [0.25, 0.3) is 0 Å². The van der Waals surface area contributed by atoms with Gasteiger partial charge in [0, 0.05) is 12.1 Å². The van der Waals surface area contributed by atoms with E-state index in [-0.39, 0.29) is 10.6 Å². The molecule has 7 heteroatoms. The lowest BCUT2D eigenvalue weighted by molar-refractivity contribution is -0.384. The number of non-ortho nitro benzene ring substituents is 1. The SMILES string of the molecule is C=CC[C@@H](NS(=O)(=O)c1ccc(C)cc1)c1cccc([N+](=O)[O-])c1. The van der Waals surface area contributed by atoms with E-state index in [2.05, 4.69) is 11.3 Å². The van der Waals surface area contributed by atoms with Gasteiger partial charge in [-0.15, -0.1) is 6.58 Å². The van der Waals surface area contributed by atoms with Crippen molar-refractivity contribution in [2.75, 3.05) is 0 Å². The van der Waals surface area contributed by atoms with Crippen LogP contribution in [0.5, 0.6) is 0 Å². The molecule has 0 fully saturated rings. The fraction of sp³-hybridized carbons (Fsp3) is 0.176. The first-order valence-electron chi connectivity index (χ1n) is 7.28. The smallest absolute Gasteiger partial charge is 0.258 e. The summed E-state index contributed by atoms with van der Waals surface area (Å²) < 4.78 is 27.7. The topological polar surface area (TPSA) is 89.3 Å². The predicted octanol–water partition coefficient (Wildman–Crippen LogP) is 3.50. The Morgan fingerprint density at radius 3 is 2.50 bits per heavy atom. The van der Waals surface area contributed by atoms with Gasteiger partial charge in [-0.25, -0.2) is 13.1 Å². The van der Waals surface area contributed by atoms with Crippen LogP contribution in [0.3, 0.4) is 0 Å². The van der Waals surface area contributed by atoms with Gasteiger partial charge < -0.3 is 0 Å². The molecular formula is C17H18N2O4S. The van der Waals surface area contributed by atoms with Crippen molar-refractivity contribution >= 4 is 15.7 Å². The second-order valence-corrected chi connectivity index (χ2v) is 7.08. The molecule has 0 unspecified atom stereocenters. The van der Waals surface area contributed by atoms with Crippen LogP contribution in [-0.4, -0.2) is 13.3 Å². The maximum Gasteiger partial charge on any atom is 0.269 e. The van der Waals surface area contributed by atoms with Crippen LogP contribution in [0.2, 0.25) is 0 Å². The summed E-state index contributed by atoms with van der Waals surface area (Å²) in [5.74, 6) is 0. The molecule has 2 rings (SSSR count). The van der Waals surface area contributed by atoms with Crippen molar-refractivity contribution in [3.05, 3.63) is 82.4 Å². The minimum atomic E-state index is -3.75. The second kappa shape index (κ2) is 7.37. The summed E-state index contributed by atoms with van der Waals surface area (Å²) in [5.41, 5.74) is 1.38. The molecule has 0 aliphatic carbocycles. The summed E-state index contributed by atoms with van der Waals surface area (Å²) in [6.45, 7) is 5.50. The van der Waals surface area contributed by atoms with E-state index in [1.807, 2.05) is 6.92 Å². The fourth-order valence-electron chi connectivity index (χ4n) is 2.25. The van der Waals surface area contributed by atoms with Gasteiger partial charge in [0.2, 0.25) is 10.0 Å². The first kappa shape index (κ1) is 17.8. The van der Waals surface area contributed by atoms with Gasteiger partial charge in [0.05, 0.1) is 15.9 Å². The van der Waals surface area contributed by atoms with Crippen LogP contribution >= 0.6 is 0 Å². The zero-order chi connectivity index (χ0) is 17.7. The van der Waals surface area contributed by atoms with Crippen molar-refractivity contribution in [3.63, 3.8) is 0 Å². The maximum absolute atomic E-state index is 12.5. The molecule has 24 heavy (non-hydrogen) atoms. The van der Waals surface area contributed by atoms with Gasteiger partial charge in [-0.05, 0) is 31.0 Å². The number of nitro benzene ring substituents is 1. The van der Waals surface area contributed by atoms with E-state index in [9.17, 15) is 18.5 Å². The summed E-state index contributed by atoms with van der Waals surface area (Å²) in [7, 11) is -3.75. The van der Waals surface area contributed by atoms with Crippen LogP contribution in [-0.2, 0) is 10.0 Å². The largest absolute Gasteiger partial charge is 0.269 e. The molecule has 1 N–H and O–H groups in total. The standard InChI is InChI=1S/C17H18N2O4S/c1-3-5-17(14-6-4-7-15(12-14)19(20)21)18-24(22,23)16-10-8-13(2)9-11-16/h3-4,6-12,17-18H,1,5H2,2H3/t17-/m1/s1. The monoisotopic (exact) mass is 346 g/mol. The summed E-state index contributed by atoms with van der Waals surface area (Å²) >= 11 is 0. The van der Waals surface area contributed by atoms with E-state index in [0.29, 0.717) is 12.0 Å². The number of rotatable bonds is 7. The third-order valence-electron chi connectivity index (χ3n) is 3.51. The molecule has 0 aliphatic heterocycles. The summed E-state index contributed by atoms with van der Waals surface area (Å²) in [6, 6.07) is 11.8. The second-order valence-electron chi connectivity index (χ2n) is 5.36. The Balaban J connectivity index is 2.34. The molecule has 0 amide bonds. The number of hydrogen-bond acceptors (Lipinski definition) is 4. The highest BCUT2D eigenvalue weighted by atomic mass is 32.2. The molecule has 0 spiro atoms. The molecule has 2 aromatic carbocycles. The van der Waals surface area contributed by atoms with Gasteiger partial charge >= 0.3 is 0 Å². The Hall–Kier alpha value is -2.51. The van der Waals surface area contributed by atoms with Crippen molar-refractivity contribution < 1.29 is 13.3 Å².